The third kappa shape index (κ3) is 4.14. The number of benzene rings is 2. The molecule has 2 rings (SSSR count). The number of rotatable bonds is 5. The number of thioether (sulfide) groups is 1. The molecule has 2 nitrogen and oxygen atoms in total. The van der Waals surface area contributed by atoms with Crippen LogP contribution in [-0.2, 0) is 11.3 Å². The molecular formula is C17H19NOS. The molecule has 20 heavy (non-hydrogen) atoms. The minimum atomic E-state index is 0.0708. The Morgan fingerprint density at radius 1 is 1.00 bits per heavy atom. The second-order valence-electron chi connectivity index (χ2n) is 4.76. The second-order valence-corrected chi connectivity index (χ2v) is 5.77. The molecule has 0 heterocycles. The van der Waals surface area contributed by atoms with Gasteiger partial charge in [-0.25, -0.2) is 0 Å². The van der Waals surface area contributed by atoms with E-state index >= 15 is 0 Å². The summed E-state index contributed by atoms with van der Waals surface area (Å²) in [5.41, 5.74) is 3.59. The van der Waals surface area contributed by atoms with Crippen LogP contribution in [0.5, 0.6) is 0 Å². The number of carbonyl (C=O) groups excluding carboxylic acids is 1. The quantitative estimate of drug-likeness (QED) is 0.848. The number of aryl methyl sites for hydroxylation is 2. The molecule has 0 saturated heterocycles. The van der Waals surface area contributed by atoms with Gasteiger partial charge in [0, 0.05) is 11.4 Å². The minimum absolute atomic E-state index is 0.0708. The highest BCUT2D eigenvalue weighted by Gasteiger charge is 2.05. The Balaban J connectivity index is 1.82. The van der Waals surface area contributed by atoms with E-state index in [1.807, 2.05) is 30.3 Å². The minimum Gasteiger partial charge on any atom is -0.351 e. The Labute approximate surface area is 124 Å². The molecule has 0 atom stereocenters. The van der Waals surface area contributed by atoms with Crippen molar-refractivity contribution in [3.05, 3.63) is 65.2 Å². The van der Waals surface area contributed by atoms with E-state index in [2.05, 4.69) is 37.4 Å². The summed E-state index contributed by atoms with van der Waals surface area (Å²) in [6.45, 7) is 4.72. The van der Waals surface area contributed by atoms with Crippen molar-refractivity contribution >= 4 is 17.7 Å². The fourth-order valence-corrected chi connectivity index (χ4v) is 2.77. The molecule has 2 aromatic rings. The van der Waals surface area contributed by atoms with E-state index in [4.69, 9.17) is 0 Å². The number of amides is 1. The maximum absolute atomic E-state index is 11.9. The van der Waals surface area contributed by atoms with Gasteiger partial charge in [-0.15, -0.1) is 11.8 Å². The molecule has 0 radical (unpaired) electrons. The average Bonchev–Trinajstić information content (AvgIpc) is 2.45. The molecule has 0 bridgehead atoms. The first-order valence-corrected chi connectivity index (χ1v) is 7.65. The molecule has 0 aromatic heterocycles. The number of carbonyl (C=O) groups is 1. The zero-order valence-corrected chi connectivity index (χ0v) is 12.7. The summed E-state index contributed by atoms with van der Waals surface area (Å²) in [5, 5.41) is 2.97. The van der Waals surface area contributed by atoms with E-state index < -0.39 is 0 Å². The van der Waals surface area contributed by atoms with Crippen molar-refractivity contribution < 1.29 is 4.79 Å². The summed E-state index contributed by atoms with van der Waals surface area (Å²) in [7, 11) is 0. The van der Waals surface area contributed by atoms with Crippen LogP contribution in [0.15, 0.2) is 53.4 Å². The van der Waals surface area contributed by atoms with E-state index in [-0.39, 0.29) is 5.91 Å². The lowest BCUT2D eigenvalue weighted by Gasteiger charge is -2.08. The number of nitrogens with one attached hydrogen (secondary N) is 1. The van der Waals surface area contributed by atoms with Crippen molar-refractivity contribution in [2.45, 2.75) is 25.3 Å². The topological polar surface area (TPSA) is 29.1 Å². The summed E-state index contributed by atoms with van der Waals surface area (Å²) in [4.78, 5) is 13.0. The van der Waals surface area contributed by atoms with Crippen molar-refractivity contribution in [1.82, 2.24) is 5.32 Å². The van der Waals surface area contributed by atoms with Gasteiger partial charge in [0.2, 0.25) is 5.91 Å². The van der Waals surface area contributed by atoms with Crippen molar-refractivity contribution in [3.8, 4) is 0 Å². The van der Waals surface area contributed by atoms with Crippen LogP contribution in [0.3, 0.4) is 0 Å². The highest BCUT2D eigenvalue weighted by atomic mass is 32.2. The van der Waals surface area contributed by atoms with Crippen LogP contribution in [-0.4, -0.2) is 11.7 Å². The lowest BCUT2D eigenvalue weighted by Crippen LogP contribution is -2.24. The van der Waals surface area contributed by atoms with Crippen LogP contribution in [0.2, 0.25) is 0 Å². The molecule has 1 N–H and O–H groups in total. The predicted molar refractivity (Wildman–Crippen MR) is 84.9 cm³/mol. The average molecular weight is 285 g/mol. The molecule has 0 aliphatic carbocycles. The molecule has 3 heteroatoms. The third-order valence-electron chi connectivity index (χ3n) is 3.19. The van der Waals surface area contributed by atoms with Crippen LogP contribution in [0.25, 0.3) is 0 Å². The Morgan fingerprint density at radius 2 is 1.65 bits per heavy atom. The smallest absolute Gasteiger partial charge is 0.230 e. The maximum Gasteiger partial charge on any atom is 0.230 e. The fourth-order valence-electron chi connectivity index (χ4n) is 1.91. The largest absolute Gasteiger partial charge is 0.351 e. The fraction of sp³-hybridized carbons (Fsp3) is 0.235. The summed E-state index contributed by atoms with van der Waals surface area (Å²) in [6.07, 6.45) is 0. The van der Waals surface area contributed by atoms with Gasteiger partial charge in [0.1, 0.15) is 0 Å². The van der Waals surface area contributed by atoms with E-state index in [1.54, 1.807) is 11.8 Å². The Morgan fingerprint density at radius 3 is 2.35 bits per heavy atom. The Kier molecular flexibility index (Phi) is 5.24. The van der Waals surface area contributed by atoms with Gasteiger partial charge in [-0.05, 0) is 36.6 Å². The molecule has 1 amide bonds. The number of hydrogen-bond donors (Lipinski definition) is 1. The summed E-state index contributed by atoms with van der Waals surface area (Å²) >= 11 is 1.58. The Hall–Kier alpha value is -1.74. The lowest BCUT2D eigenvalue weighted by atomic mass is 10.1. The van der Waals surface area contributed by atoms with Gasteiger partial charge in [0.05, 0.1) is 5.75 Å². The van der Waals surface area contributed by atoms with Crippen molar-refractivity contribution in [2.24, 2.45) is 0 Å². The van der Waals surface area contributed by atoms with Crippen molar-refractivity contribution in [2.75, 3.05) is 5.75 Å². The summed E-state index contributed by atoms with van der Waals surface area (Å²) in [6, 6.07) is 16.2. The second kappa shape index (κ2) is 7.15. The summed E-state index contributed by atoms with van der Waals surface area (Å²) < 4.78 is 0. The van der Waals surface area contributed by atoms with E-state index in [9.17, 15) is 4.79 Å². The molecule has 0 aliphatic heterocycles. The summed E-state index contributed by atoms with van der Waals surface area (Å²) in [5.74, 6) is 0.526. The van der Waals surface area contributed by atoms with Gasteiger partial charge in [-0.3, -0.25) is 4.79 Å². The molecule has 0 unspecified atom stereocenters. The first-order chi connectivity index (χ1) is 9.66. The van der Waals surface area contributed by atoms with Crippen LogP contribution >= 0.6 is 11.8 Å². The van der Waals surface area contributed by atoms with Gasteiger partial charge < -0.3 is 5.32 Å². The highest BCUT2D eigenvalue weighted by molar-refractivity contribution is 8.00. The lowest BCUT2D eigenvalue weighted by molar-refractivity contribution is -0.118. The Bertz CT molecular complexity index is 544. The normalized spacial score (nSPS) is 10.3. The van der Waals surface area contributed by atoms with Crippen molar-refractivity contribution in [1.29, 1.82) is 0 Å². The van der Waals surface area contributed by atoms with E-state index in [0.29, 0.717) is 12.3 Å². The zero-order chi connectivity index (χ0) is 14.4. The zero-order valence-electron chi connectivity index (χ0n) is 11.8. The maximum atomic E-state index is 11.9. The van der Waals surface area contributed by atoms with E-state index in [1.165, 1.54) is 21.6 Å². The van der Waals surface area contributed by atoms with Gasteiger partial charge in [-0.2, -0.15) is 0 Å². The van der Waals surface area contributed by atoms with Crippen LogP contribution < -0.4 is 5.32 Å². The van der Waals surface area contributed by atoms with Gasteiger partial charge in [0.25, 0.3) is 0 Å². The standard InChI is InChI=1S/C17H19NOS/c1-13-7-3-5-9-15(13)11-18-17(19)12-20-16-10-6-4-8-14(16)2/h3-10H,11-12H2,1-2H3,(H,18,19). The first-order valence-electron chi connectivity index (χ1n) is 6.66. The SMILES string of the molecule is Cc1ccccc1CNC(=O)CSc1ccccc1C. The molecular weight excluding hydrogens is 266 g/mol. The van der Waals surface area contributed by atoms with Crippen molar-refractivity contribution in [3.63, 3.8) is 0 Å². The van der Waals surface area contributed by atoms with Crippen LogP contribution in [0, 0.1) is 13.8 Å². The monoisotopic (exact) mass is 285 g/mol. The molecule has 0 fully saturated rings. The van der Waals surface area contributed by atoms with Gasteiger partial charge in [-0.1, -0.05) is 42.5 Å². The molecule has 2 aromatic carbocycles. The molecule has 104 valence electrons. The van der Waals surface area contributed by atoms with Gasteiger partial charge >= 0.3 is 0 Å². The molecule has 0 aliphatic rings. The first kappa shape index (κ1) is 14.7. The third-order valence-corrected chi connectivity index (χ3v) is 4.37. The van der Waals surface area contributed by atoms with E-state index in [0.717, 1.165) is 0 Å². The highest BCUT2D eigenvalue weighted by Crippen LogP contribution is 2.21. The predicted octanol–water partition coefficient (Wildman–Crippen LogP) is 3.71. The molecule has 0 spiro atoms. The molecule has 0 saturated carbocycles. The van der Waals surface area contributed by atoms with Gasteiger partial charge in [0.15, 0.2) is 0 Å². The van der Waals surface area contributed by atoms with Crippen LogP contribution in [0.1, 0.15) is 16.7 Å². The van der Waals surface area contributed by atoms with Crippen LogP contribution in [0.4, 0.5) is 0 Å². The number of hydrogen-bond acceptors (Lipinski definition) is 2.